The summed E-state index contributed by atoms with van der Waals surface area (Å²) < 4.78 is 35.7. The van der Waals surface area contributed by atoms with Crippen LogP contribution in [-0.2, 0) is 29.5 Å². The summed E-state index contributed by atoms with van der Waals surface area (Å²) in [6.45, 7) is 2.85. The monoisotopic (exact) mass is 545 g/mol. The van der Waals surface area contributed by atoms with E-state index in [1.807, 2.05) is 23.8 Å². The van der Waals surface area contributed by atoms with Crippen LogP contribution in [0.25, 0.3) is 11.4 Å². The van der Waals surface area contributed by atoms with Gasteiger partial charge in [0.05, 0.1) is 55.4 Å². The number of halogens is 2. The Hall–Kier alpha value is -3.31. The number of carbonyl (C=O) groups excluding carboxylic acids is 2. The maximum atomic E-state index is 14.7. The number of carbonyl (C=O) groups is 2. The minimum Gasteiger partial charge on any atom is -0.469 e. The van der Waals surface area contributed by atoms with Crippen molar-refractivity contribution in [2.45, 2.75) is 64.0 Å². The van der Waals surface area contributed by atoms with Crippen molar-refractivity contribution in [1.82, 2.24) is 29.8 Å². The fourth-order valence-corrected chi connectivity index (χ4v) is 5.89. The molecule has 12 heteroatoms. The van der Waals surface area contributed by atoms with Crippen LogP contribution in [0.5, 0.6) is 0 Å². The number of likely N-dealkylation sites (N-methyl/N-ethyl adjacent to an activating group) is 1. The quantitative estimate of drug-likeness (QED) is 0.445. The van der Waals surface area contributed by atoms with Gasteiger partial charge in [0.25, 0.3) is 5.92 Å². The molecular formula is C27H37F2N7O3. The SMILES string of the molecule is CCc1nc(-c2nnn(C)c2CN2C[C@H](CC3CC3)N(C)C2=O)ccc1N1C[C@@H](CC(=O)OC)CC(F)(F)C1. The Morgan fingerprint density at radius 1 is 1.18 bits per heavy atom. The van der Waals surface area contributed by atoms with Gasteiger partial charge in [-0.05, 0) is 36.8 Å². The second-order valence-corrected chi connectivity index (χ2v) is 11.2. The topological polar surface area (TPSA) is 96.7 Å². The Labute approximate surface area is 227 Å². The van der Waals surface area contributed by atoms with Crippen molar-refractivity contribution >= 4 is 17.7 Å². The summed E-state index contributed by atoms with van der Waals surface area (Å²) in [6.07, 6.45) is 3.66. The molecule has 10 nitrogen and oxygen atoms in total. The van der Waals surface area contributed by atoms with E-state index >= 15 is 0 Å². The first-order valence-corrected chi connectivity index (χ1v) is 13.7. The van der Waals surface area contributed by atoms with E-state index in [2.05, 4.69) is 10.3 Å². The average molecular weight is 546 g/mol. The summed E-state index contributed by atoms with van der Waals surface area (Å²) in [7, 11) is 4.93. The van der Waals surface area contributed by atoms with Crippen molar-refractivity contribution in [3.05, 3.63) is 23.5 Å². The normalized spacial score (nSPS) is 23.0. The fraction of sp³-hybridized carbons (Fsp3) is 0.667. The van der Waals surface area contributed by atoms with Crippen molar-refractivity contribution in [3.8, 4) is 11.4 Å². The third kappa shape index (κ3) is 5.84. The first-order chi connectivity index (χ1) is 18.6. The number of ether oxygens (including phenoxy) is 1. The highest BCUT2D eigenvalue weighted by Crippen LogP contribution is 2.38. The second-order valence-electron chi connectivity index (χ2n) is 11.2. The third-order valence-corrected chi connectivity index (χ3v) is 8.18. The van der Waals surface area contributed by atoms with Crippen LogP contribution in [0.15, 0.2) is 12.1 Å². The van der Waals surface area contributed by atoms with Crippen LogP contribution in [-0.4, -0.2) is 87.5 Å². The summed E-state index contributed by atoms with van der Waals surface area (Å²) in [5, 5.41) is 8.57. The molecule has 1 saturated carbocycles. The van der Waals surface area contributed by atoms with E-state index in [-0.39, 0.29) is 24.9 Å². The highest BCUT2D eigenvalue weighted by molar-refractivity contribution is 5.77. The van der Waals surface area contributed by atoms with Gasteiger partial charge in [-0.1, -0.05) is 25.0 Å². The highest BCUT2D eigenvalue weighted by Gasteiger charge is 2.42. The molecule has 2 aliphatic heterocycles. The number of aryl methyl sites for hydroxylation is 2. The van der Waals surface area contributed by atoms with Crippen LogP contribution in [0.1, 0.15) is 50.4 Å². The average Bonchev–Trinajstić information content (AvgIpc) is 3.59. The van der Waals surface area contributed by atoms with Gasteiger partial charge in [0.2, 0.25) is 0 Å². The zero-order valence-corrected chi connectivity index (χ0v) is 23.1. The van der Waals surface area contributed by atoms with Gasteiger partial charge in [-0.25, -0.2) is 23.2 Å². The number of methoxy groups -OCH3 is 1. The number of pyridine rings is 1. The van der Waals surface area contributed by atoms with Crippen molar-refractivity contribution in [2.24, 2.45) is 18.9 Å². The maximum absolute atomic E-state index is 14.7. The molecule has 2 amide bonds. The lowest BCUT2D eigenvalue weighted by Gasteiger charge is -2.39. The zero-order chi connectivity index (χ0) is 27.9. The molecule has 0 spiro atoms. The summed E-state index contributed by atoms with van der Waals surface area (Å²) >= 11 is 0. The summed E-state index contributed by atoms with van der Waals surface area (Å²) in [5.41, 5.74) is 3.23. The van der Waals surface area contributed by atoms with E-state index in [1.165, 1.54) is 20.0 Å². The minimum absolute atomic E-state index is 0.00195. The van der Waals surface area contributed by atoms with Crippen LogP contribution in [0.3, 0.4) is 0 Å². The summed E-state index contributed by atoms with van der Waals surface area (Å²) in [4.78, 5) is 34.9. The number of aromatic nitrogens is 4. The molecule has 3 fully saturated rings. The van der Waals surface area contributed by atoms with E-state index < -0.39 is 24.4 Å². The van der Waals surface area contributed by atoms with E-state index in [0.29, 0.717) is 48.8 Å². The second kappa shape index (κ2) is 10.7. The molecule has 0 bridgehead atoms. The molecule has 39 heavy (non-hydrogen) atoms. The van der Waals surface area contributed by atoms with E-state index in [4.69, 9.17) is 9.72 Å². The van der Waals surface area contributed by atoms with Crippen molar-refractivity contribution in [1.29, 1.82) is 0 Å². The van der Waals surface area contributed by atoms with Gasteiger partial charge in [0.15, 0.2) is 0 Å². The molecule has 0 aromatic carbocycles. The van der Waals surface area contributed by atoms with E-state index in [1.54, 1.807) is 28.8 Å². The number of esters is 1. The molecule has 2 atom stereocenters. The maximum Gasteiger partial charge on any atom is 0.320 e. The molecule has 3 aliphatic rings. The number of nitrogens with zero attached hydrogens (tertiary/aromatic N) is 7. The Morgan fingerprint density at radius 3 is 2.64 bits per heavy atom. The van der Waals surface area contributed by atoms with Crippen LogP contribution < -0.4 is 4.90 Å². The number of alkyl halides is 2. The highest BCUT2D eigenvalue weighted by atomic mass is 19.3. The number of rotatable bonds is 9. The molecule has 4 heterocycles. The number of hydrogen-bond acceptors (Lipinski definition) is 7. The standard InChI is InChI=1S/C27H37F2N7O3/c1-5-20-22(36-13-18(11-24(37)39-4)12-27(28,29)16-36)9-8-21(30-20)25-23(34(3)32-31-25)15-35-14-19(10-17-6-7-17)33(2)26(35)38/h8-9,17-19H,5-7,10-16H2,1-4H3/t18-,19-/m0/s1. The molecular weight excluding hydrogens is 508 g/mol. The van der Waals surface area contributed by atoms with Crippen LogP contribution in [0.2, 0.25) is 0 Å². The molecule has 2 aromatic rings. The minimum atomic E-state index is -2.93. The zero-order valence-electron chi connectivity index (χ0n) is 23.1. The van der Waals surface area contributed by atoms with Crippen LogP contribution in [0, 0.1) is 11.8 Å². The lowest BCUT2D eigenvalue weighted by molar-refractivity contribution is -0.142. The fourth-order valence-electron chi connectivity index (χ4n) is 5.89. The van der Waals surface area contributed by atoms with E-state index in [9.17, 15) is 18.4 Å². The molecule has 2 aromatic heterocycles. The lowest BCUT2D eigenvalue weighted by Crippen LogP contribution is -2.48. The molecule has 1 aliphatic carbocycles. The number of amides is 2. The van der Waals surface area contributed by atoms with Crippen LogP contribution >= 0.6 is 0 Å². The van der Waals surface area contributed by atoms with Crippen LogP contribution in [0.4, 0.5) is 19.3 Å². The van der Waals surface area contributed by atoms with Gasteiger partial charge in [-0.2, -0.15) is 0 Å². The molecule has 212 valence electrons. The molecule has 5 rings (SSSR count). The predicted octanol–water partition coefficient (Wildman–Crippen LogP) is 3.50. The van der Waals surface area contributed by atoms with Gasteiger partial charge in [-0.15, -0.1) is 5.10 Å². The largest absolute Gasteiger partial charge is 0.469 e. The van der Waals surface area contributed by atoms with Gasteiger partial charge < -0.3 is 19.4 Å². The smallest absolute Gasteiger partial charge is 0.320 e. The van der Waals surface area contributed by atoms with Gasteiger partial charge >= 0.3 is 12.0 Å². The molecule has 0 N–H and O–H groups in total. The lowest BCUT2D eigenvalue weighted by atomic mass is 9.91. The molecule has 0 radical (unpaired) electrons. The van der Waals surface area contributed by atoms with E-state index in [0.717, 1.165) is 18.0 Å². The predicted molar refractivity (Wildman–Crippen MR) is 140 cm³/mol. The molecule has 0 unspecified atom stereocenters. The van der Waals surface area contributed by atoms with Crippen molar-refractivity contribution in [3.63, 3.8) is 0 Å². The number of urea groups is 1. The number of anilines is 1. The van der Waals surface area contributed by atoms with Gasteiger partial charge in [0, 0.05) is 33.6 Å². The number of piperidine rings is 1. The Balaban J connectivity index is 1.37. The van der Waals surface area contributed by atoms with Crippen molar-refractivity contribution < 1.29 is 23.1 Å². The summed E-state index contributed by atoms with van der Waals surface area (Å²) in [5.74, 6) is -3.20. The Kier molecular flexibility index (Phi) is 7.47. The van der Waals surface area contributed by atoms with Gasteiger partial charge in [0.1, 0.15) is 5.69 Å². The third-order valence-electron chi connectivity index (χ3n) is 8.18. The Bertz CT molecular complexity index is 1230. The first-order valence-electron chi connectivity index (χ1n) is 13.7. The van der Waals surface area contributed by atoms with Crippen molar-refractivity contribution in [2.75, 3.05) is 38.7 Å². The number of hydrogen-bond donors (Lipinski definition) is 0. The molecule has 2 saturated heterocycles. The van der Waals surface area contributed by atoms with Gasteiger partial charge in [-0.3, -0.25) is 4.79 Å². The first kappa shape index (κ1) is 27.3. The summed E-state index contributed by atoms with van der Waals surface area (Å²) in [6, 6.07) is 3.79. The Morgan fingerprint density at radius 2 is 1.95 bits per heavy atom.